The summed E-state index contributed by atoms with van der Waals surface area (Å²) in [6, 6.07) is 2.26. The van der Waals surface area contributed by atoms with Crippen LogP contribution < -0.4 is 0 Å². The summed E-state index contributed by atoms with van der Waals surface area (Å²) in [6.45, 7) is 4.21. The summed E-state index contributed by atoms with van der Waals surface area (Å²) in [5, 5.41) is 18.1. The van der Waals surface area contributed by atoms with Crippen LogP contribution in [0.25, 0.3) is 0 Å². The molecule has 0 aromatic heterocycles. The van der Waals surface area contributed by atoms with Gasteiger partial charge in [-0.15, -0.1) is 0 Å². The van der Waals surface area contributed by atoms with Crippen LogP contribution in [0.15, 0.2) is 0 Å². The molecule has 0 radical (unpaired) electrons. The third kappa shape index (κ3) is 1.72. The fourth-order valence-electron chi connectivity index (χ4n) is 1.65. The van der Waals surface area contributed by atoms with Crippen molar-refractivity contribution in [2.45, 2.75) is 39.2 Å². The zero-order valence-electron chi connectivity index (χ0n) is 7.17. The summed E-state index contributed by atoms with van der Waals surface area (Å²) in [5.41, 5.74) is 0.105. The monoisotopic (exact) mass is 153 g/mol. The molecule has 1 N–H and O–H groups in total. The predicted octanol–water partition coefficient (Wildman–Crippen LogP) is 1.70. The van der Waals surface area contributed by atoms with E-state index in [1.165, 1.54) is 0 Å². The van der Waals surface area contributed by atoms with Gasteiger partial charge in [0.2, 0.25) is 0 Å². The lowest BCUT2D eigenvalue weighted by Crippen LogP contribution is -2.33. The van der Waals surface area contributed by atoms with Crippen LogP contribution in [-0.2, 0) is 0 Å². The Bertz CT molecular complexity index is 180. The van der Waals surface area contributed by atoms with E-state index in [9.17, 15) is 5.11 Å². The summed E-state index contributed by atoms with van der Waals surface area (Å²) in [6.07, 6.45) is 2.23. The quantitative estimate of drug-likeness (QED) is 0.575. The second kappa shape index (κ2) is 2.83. The minimum Gasteiger partial charge on any atom is -0.393 e. The van der Waals surface area contributed by atoms with Crippen molar-refractivity contribution in [3.05, 3.63) is 0 Å². The van der Waals surface area contributed by atoms with Gasteiger partial charge in [-0.1, -0.05) is 13.8 Å². The lowest BCUT2D eigenvalue weighted by atomic mass is 9.69. The van der Waals surface area contributed by atoms with Crippen LogP contribution >= 0.6 is 0 Å². The lowest BCUT2D eigenvalue weighted by molar-refractivity contribution is 0.0513. The maximum atomic E-state index is 9.29. The Balaban J connectivity index is 2.65. The summed E-state index contributed by atoms with van der Waals surface area (Å²) in [4.78, 5) is 0. The summed E-state index contributed by atoms with van der Waals surface area (Å²) in [7, 11) is 0. The highest BCUT2D eigenvalue weighted by Gasteiger charge is 2.35. The molecule has 0 aliphatic heterocycles. The van der Waals surface area contributed by atoms with E-state index in [0.29, 0.717) is 6.42 Å². The number of nitriles is 1. The fourth-order valence-corrected chi connectivity index (χ4v) is 1.65. The molecule has 0 amide bonds. The number of nitrogens with zero attached hydrogens (tertiary/aromatic N) is 1. The van der Waals surface area contributed by atoms with Crippen molar-refractivity contribution in [3.8, 4) is 6.07 Å². The van der Waals surface area contributed by atoms with E-state index in [-0.39, 0.29) is 17.4 Å². The van der Waals surface area contributed by atoms with Gasteiger partial charge in [-0.25, -0.2) is 0 Å². The summed E-state index contributed by atoms with van der Waals surface area (Å²) < 4.78 is 0. The molecule has 1 aliphatic rings. The highest BCUT2D eigenvalue weighted by molar-refractivity contribution is 4.97. The predicted molar refractivity (Wildman–Crippen MR) is 42.7 cm³/mol. The van der Waals surface area contributed by atoms with Gasteiger partial charge in [-0.05, 0) is 24.7 Å². The number of rotatable bonds is 0. The van der Waals surface area contributed by atoms with Crippen molar-refractivity contribution in [1.29, 1.82) is 5.26 Å². The molecular formula is C9H15NO. The van der Waals surface area contributed by atoms with Gasteiger partial charge in [0.25, 0.3) is 0 Å². The molecule has 62 valence electrons. The van der Waals surface area contributed by atoms with Crippen LogP contribution in [0, 0.1) is 22.7 Å². The van der Waals surface area contributed by atoms with Crippen molar-refractivity contribution < 1.29 is 5.11 Å². The Labute approximate surface area is 67.8 Å². The van der Waals surface area contributed by atoms with Crippen LogP contribution in [0.3, 0.4) is 0 Å². The average Bonchev–Trinajstić information content (AvgIpc) is 1.94. The Kier molecular flexibility index (Phi) is 2.20. The molecule has 2 nitrogen and oxygen atoms in total. The van der Waals surface area contributed by atoms with Gasteiger partial charge < -0.3 is 5.11 Å². The topological polar surface area (TPSA) is 44.0 Å². The van der Waals surface area contributed by atoms with Crippen LogP contribution in [0.5, 0.6) is 0 Å². The second-order valence-corrected chi connectivity index (χ2v) is 4.10. The molecule has 1 aliphatic carbocycles. The molecule has 1 saturated carbocycles. The number of aliphatic hydroxyl groups excluding tert-OH is 1. The van der Waals surface area contributed by atoms with Crippen molar-refractivity contribution in [3.63, 3.8) is 0 Å². The third-order valence-corrected chi connectivity index (χ3v) is 2.73. The molecular weight excluding hydrogens is 138 g/mol. The Morgan fingerprint density at radius 1 is 1.55 bits per heavy atom. The first kappa shape index (κ1) is 8.55. The molecule has 0 aromatic rings. The number of hydrogen-bond donors (Lipinski definition) is 1. The number of hydrogen-bond acceptors (Lipinski definition) is 2. The standard InChI is InChI=1S/C9H15NO/c1-9(2)4-3-8(11)5-7(9)6-10/h7-8,11H,3-5H2,1-2H3/t7-,8+/m0/s1. The minimum atomic E-state index is -0.243. The van der Waals surface area contributed by atoms with E-state index >= 15 is 0 Å². The highest BCUT2D eigenvalue weighted by atomic mass is 16.3. The van der Waals surface area contributed by atoms with Gasteiger partial charge in [0.15, 0.2) is 0 Å². The summed E-state index contributed by atoms with van der Waals surface area (Å²) in [5.74, 6) is 0.0336. The smallest absolute Gasteiger partial charge is 0.0662 e. The first-order valence-corrected chi connectivity index (χ1v) is 4.14. The van der Waals surface area contributed by atoms with Gasteiger partial charge in [0.05, 0.1) is 18.1 Å². The average molecular weight is 153 g/mol. The molecule has 1 fully saturated rings. The lowest BCUT2D eigenvalue weighted by Gasteiger charge is -2.36. The van der Waals surface area contributed by atoms with Gasteiger partial charge in [0.1, 0.15) is 0 Å². The van der Waals surface area contributed by atoms with E-state index in [1.807, 2.05) is 0 Å². The maximum absolute atomic E-state index is 9.29. The second-order valence-electron chi connectivity index (χ2n) is 4.10. The van der Waals surface area contributed by atoms with E-state index in [2.05, 4.69) is 19.9 Å². The molecule has 0 saturated heterocycles. The first-order valence-electron chi connectivity index (χ1n) is 4.14. The molecule has 0 heterocycles. The molecule has 2 heteroatoms. The van der Waals surface area contributed by atoms with Crippen LogP contribution in [0.1, 0.15) is 33.1 Å². The zero-order valence-corrected chi connectivity index (χ0v) is 7.17. The fraction of sp³-hybridized carbons (Fsp3) is 0.889. The number of aliphatic hydroxyl groups is 1. The minimum absolute atomic E-state index is 0.0336. The molecule has 2 atom stereocenters. The summed E-state index contributed by atoms with van der Waals surface area (Å²) >= 11 is 0. The molecule has 11 heavy (non-hydrogen) atoms. The third-order valence-electron chi connectivity index (χ3n) is 2.73. The SMILES string of the molecule is CC1(C)CC[C@@H](O)C[C@H]1C#N. The molecule has 0 unspecified atom stereocenters. The molecule has 1 rings (SSSR count). The largest absolute Gasteiger partial charge is 0.393 e. The van der Waals surface area contributed by atoms with Crippen molar-refractivity contribution in [2.75, 3.05) is 0 Å². The van der Waals surface area contributed by atoms with Gasteiger partial charge in [-0.2, -0.15) is 5.26 Å². The van der Waals surface area contributed by atoms with Crippen molar-refractivity contribution >= 4 is 0 Å². The first-order chi connectivity index (χ1) is 5.06. The molecule has 0 aromatic carbocycles. The maximum Gasteiger partial charge on any atom is 0.0662 e. The van der Waals surface area contributed by atoms with E-state index in [0.717, 1.165) is 12.8 Å². The zero-order chi connectivity index (χ0) is 8.48. The normalized spacial score (nSPS) is 36.2. The van der Waals surface area contributed by atoms with E-state index in [4.69, 9.17) is 5.26 Å². The highest BCUT2D eigenvalue weighted by Crippen LogP contribution is 2.39. The Hall–Kier alpha value is -0.550. The van der Waals surface area contributed by atoms with E-state index in [1.54, 1.807) is 0 Å². The molecule has 0 spiro atoms. The van der Waals surface area contributed by atoms with Gasteiger partial charge in [0, 0.05) is 0 Å². The Morgan fingerprint density at radius 2 is 2.18 bits per heavy atom. The Morgan fingerprint density at radius 3 is 2.64 bits per heavy atom. The van der Waals surface area contributed by atoms with Crippen LogP contribution in [0.2, 0.25) is 0 Å². The van der Waals surface area contributed by atoms with Gasteiger partial charge in [-0.3, -0.25) is 0 Å². The molecule has 0 bridgehead atoms. The van der Waals surface area contributed by atoms with Crippen molar-refractivity contribution in [2.24, 2.45) is 11.3 Å². The van der Waals surface area contributed by atoms with Crippen LogP contribution in [0.4, 0.5) is 0 Å². The van der Waals surface area contributed by atoms with Crippen molar-refractivity contribution in [1.82, 2.24) is 0 Å². The van der Waals surface area contributed by atoms with Gasteiger partial charge >= 0.3 is 0 Å². The van der Waals surface area contributed by atoms with E-state index < -0.39 is 0 Å². The van der Waals surface area contributed by atoms with Crippen LogP contribution in [-0.4, -0.2) is 11.2 Å².